The Bertz CT molecular complexity index is 562. The van der Waals surface area contributed by atoms with Gasteiger partial charge in [0.1, 0.15) is 17.8 Å². The normalized spacial score (nSPS) is 10.4. The van der Waals surface area contributed by atoms with Crippen molar-refractivity contribution in [3.05, 3.63) is 29.8 Å². The van der Waals surface area contributed by atoms with Crippen LogP contribution in [0.4, 0.5) is 5.82 Å². The first-order valence-corrected chi connectivity index (χ1v) is 5.08. The third-order valence-electron chi connectivity index (χ3n) is 2.37. The highest BCUT2D eigenvalue weighted by atomic mass is 16.1. The molecular formula is C10H12N6O. The quantitative estimate of drug-likeness (QED) is 0.767. The number of amides is 1. The summed E-state index contributed by atoms with van der Waals surface area (Å²) in [6.45, 7) is 1.94. The second-order valence-electron chi connectivity index (χ2n) is 3.42. The van der Waals surface area contributed by atoms with Gasteiger partial charge in [-0.2, -0.15) is 5.10 Å². The first kappa shape index (κ1) is 11.1. The van der Waals surface area contributed by atoms with E-state index in [1.165, 1.54) is 17.1 Å². The van der Waals surface area contributed by atoms with Crippen LogP contribution >= 0.6 is 0 Å². The van der Waals surface area contributed by atoms with Crippen LogP contribution in [-0.2, 0) is 6.42 Å². The lowest BCUT2D eigenvalue weighted by Gasteiger charge is -2.07. The lowest BCUT2D eigenvalue weighted by Crippen LogP contribution is -2.13. The number of anilines is 1. The number of nitrogens with zero attached hydrogens (tertiary/aromatic N) is 4. The van der Waals surface area contributed by atoms with Crippen LogP contribution in [0.25, 0.3) is 5.82 Å². The largest absolute Gasteiger partial charge is 0.383 e. The van der Waals surface area contributed by atoms with Gasteiger partial charge in [-0.25, -0.2) is 14.6 Å². The Hall–Kier alpha value is -2.44. The first-order chi connectivity index (χ1) is 8.13. The highest BCUT2D eigenvalue weighted by Crippen LogP contribution is 2.16. The summed E-state index contributed by atoms with van der Waals surface area (Å²) in [4.78, 5) is 19.0. The van der Waals surface area contributed by atoms with Gasteiger partial charge in [-0.05, 0) is 12.5 Å². The Morgan fingerprint density at radius 1 is 1.47 bits per heavy atom. The average molecular weight is 232 g/mol. The lowest BCUT2D eigenvalue weighted by molar-refractivity contribution is 0.0995. The van der Waals surface area contributed by atoms with E-state index in [4.69, 9.17) is 11.5 Å². The summed E-state index contributed by atoms with van der Waals surface area (Å²) in [5, 5.41) is 4.03. The maximum Gasteiger partial charge on any atom is 0.269 e. The molecule has 0 aliphatic rings. The molecule has 0 saturated heterocycles. The van der Waals surface area contributed by atoms with Crippen molar-refractivity contribution in [3.8, 4) is 5.82 Å². The van der Waals surface area contributed by atoms with Gasteiger partial charge in [0, 0.05) is 11.8 Å². The lowest BCUT2D eigenvalue weighted by atomic mass is 10.2. The van der Waals surface area contributed by atoms with Gasteiger partial charge in [0.2, 0.25) is 0 Å². The minimum absolute atomic E-state index is 0.184. The van der Waals surface area contributed by atoms with Crippen molar-refractivity contribution in [1.82, 2.24) is 19.7 Å². The highest BCUT2D eigenvalue weighted by molar-refractivity contribution is 5.90. The number of hydrogen-bond donors (Lipinski definition) is 2. The van der Waals surface area contributed by atoms with Crippen LogP contribution in [0.5, 0.6) is 0 Å². The van der Waals surface area contributed by atoms with Crippen molar-refractivity contribution in [2.75, 3.05) is 5.73 Å². The fourth-order valence-corrected chi connectivity index (χ4v) is 1.53. The maximum absolute atomic E-state index is 11.0. The Morgan fingerprint density at radius 2 is 2.24 bits per heavy atom. The molecule has 7 nitrogen and oxygen atoms in total. The molecule has 0 atom stereocenters. The smallest absolute Gasteiger partial charge is 0.269 e. The number of primary amides is 1. The molecule has 0 spiro atoms. The number of aromatic nitrogens is 4. The number of hydrogen-bond acceptors (Lipinski definition) is 5. The van der Waals surface area contributed by atoms with Gasteiger partial charge in [-0.15, -0.1) is 0 Å². The van der Waals surface area contributed by atoms with Crippen molar-refractivity contribution in [2.24, 2.45) is 5.73 Å². The summed E-state index contributed by atoms with van der Waals surface area (Å²) in [7, 11) is 0. The van der Waals surface area contributed by atoms with E-state index in [1.54, 1.807) is 6.20 Å². The van der Waals surface area contributed by atoms with Crippen molar-refractivity contribution >= 4 is 11.7 Å². The predicted molar refractivity (Wildman–Crippen MR) is 61.5 cm³/mol. The van der Waals surface area contributed by atoms with Crippen LogP contribution in [0.3, 0.4) is 0 Å². The van der Waals surface area contributed by atoms with E-state index in [-0.39, 0.29) is 5.69 Å². The van der Waals surface area contributed by atoms with Gasteiger partial charge in [0.05, 0.1) is 0 Å². The molecule has 2 heterocycles. The fraction of sp³-hybridized carbons (Fsp3) is 0.200. The number of rotatable bonds is 3. The number of nitrogens with two attached hydrogens (primary N) is 2. The Balaban J connectivity index is 2.52. The molecule has 2 rings (SSSR count). The summed E-state index contributed by atoms with van der Waals surface area (Å²) >= 11 is 0. The molecule has 0 saturated carbocycles. The minimum atomic E-state index is -0.580. The predicted octanol–water partition coefficient (Wildman–Crippen LogP) is -0.0942. The van der Waals surface area contributed by atoms with Crippen LogP contribution in [0, 0.1) is 0 Å². The van der Waals surface area contributed by atoms with E-state index in [1.807, 2.05) is 6.92 Å². The Morgan fingerprint density at radius 3 is 2.82 bits per heavy atom. The standard InChI is InChI=1S/C10H12N6O/c1-2-6-8(11)13-5-14-10(6)16-4-3-7(15-16)9(12)17/h3-5H,2H2,1H3,(H2,12,17)(H2,11,13,14). The van der Waals surface area contributed by atoms with Gasteiger partial charge in [-0.3, -0.25) is 4.79 Å². The van der Waals surface area contributed by atoms with Gasteiger partial charge >= 0.3 is 0 Å². The minimum Gasteiger partial charge on any atom is -0.383 e. The van der Waals surface area contributed by atoms with E-state index in [2.05, 4.69) is 15.1 Å². The molecule has 0 bridgehead atoms. The molecule has 0 fully saturated rings. The zero-order valence-electron chi connectivity index (χ0n) is 9.29. The Kier molecular flexibility index (Phi) is 2.73. The third-order valence-corrected chi connectivity index (χ3v) is 2.37. The van der Waals surface area contributed by atoms with E-state index in [0.717, 1.165) is 5.56 Å². The number of carbonyl (C=O) groups excluding carboxylic acids is 1. The van der Waals surface area contributed by atoms with Crippen LogP contribution in [0.2, 0.25) is 0 Å². The van der Waals surface area contributed by atoms with Gasteiger partial charge < -0.3 is 11.5 Å². The zero-order chi connectivity index (χ0) is 12.4. The van der Waals surface area contributed by atoms with E-state index < -0.39 is 5.91 Å². The fourth-order valence-electron chi connectivity index (χ4n) is 1.53. The van der Waals surface area contributed by atoms with Crippen LogP contribution in [-0.4, -0.2) is 25.7 Å². The molecule has 0 unspecified atom stereocenters. The second-order valence-corrected chi connectivity index (χ2v) is 3.42. The molecule has 2 aromatic rings. The summed E-state index contributed by atoms with van der Waals surface area (Å²) in [5.41, 5.74) is 11.9. The highest BCUT2D eigenvalue weighted by Gasteiger charge is 2.12. The van der Waals surface area contributed by atoms with Crippen molar-refractivity contribution in [2.45, 2.75) is 13.3 Å². The molecule has 0 aliphatic heterocycles. The maximum atomic E-state index is 11.0. The van der Waals surface area contributed by atoms with Gasteiger partial charge in [0.25, 0.3) is 5.91 Å². The number of nitrogen functional groups attached to an aromatic ring is 1. The zero-order valence-corrected chi connectivity index (χ0v) is 9.29. The summed E-state index contributed by atoms with van der Waals surface area (Å²) in [6, 6.07) is 1.53. The van der Waals surface area contributed by atoms with Crippen LogP contribution in [0.15, 0.2) is 18.6 Å². The van der Waals surface area contributed by atoms with Crippen molar-refractivity contribution in [3.63, 3.8) is 0 Å². The molecule has 0 aliphatic carbocycles. The summed E-state index contributed by atoms with van der Waals surface area (Å²) in [5.74, 6) is 0.393. The molecule has 7 heteroatoms. The van der Waals surface area contributed by atoms with E-state index >= 15 is 0 Å². The average Bonchev–Trinajstić information content (AvgIpc) is 2.77. The van der Waals surface area contributed by atoms with Crippen LogP contribution < -0.4 is 11.5 Å². The molecule has 2 aromatic heterocycles. The summed E-state index contributed by atoms with van der Waals surface area (Å²) in [6.07, 6.45) is 3.64. The van der Waals surface area contributed by atoms with E-state index in [0.29, 0.717) is 18.1 Å². The molecule has 17 heavy (non-hydrogen) atoms. The van der Waals surface area contributed by atoms with Crippen molar-refractivity contribution < 1.29 is 4.79 Å². The van der Waals surface area contributed by atoms with Crippen molar-refractivity contribution in [1.29, 1.82) is 0 Å². The first-order valence-electron chi connectivity index (χ1n) is 5.08. The monoisotopic (exact) mass is 232 g/mol. The SMILES string of the molecule is CCc1c(N)ncnc1-n1ccc(C(N)=O)n1. The Labute approximate surface area is 97.5 Å². The van der Waals surface area contributed by atoms with Gasteiger partial charge in [0.15, 0.2) is 5.82 Å². The van der Waals surface area contributed by atoms with Gasteiger partial charge in [-0.1, -0.05) is 6.92 Å². The second kappa shape index (κ2) is 4.20. The summed E-state index contributed by atoms with van der Waals surface area (Å²) < 4.78 is 1.47. The molecule has 0 aromatic carbocycles. The number of carbonyl (C=O) groups is 1. The molecule has 4 N–H and O–H groups in total. The molecule has 0 radical (unpaired) electrons. The third kappa shape index (κ3) is 1.94. The topological polar surface area (TPSA) is 113 Å². The molecular weight excluding hydrogens is 220 g/mol. The van der Waals surface area contributed by atoms with E-state index in [9.17, 15) is 4.79 Å². The molecule has 1 amide bonds. The van der Waals surface area contributed by atoms with Crippen LogP contribution in [0.1, 0.15) is 23.0 Å². The molecule has 88 valence electrons.